The Morgan fingerprint density at radius 3 is 2.83 bits per heavy atom. The van der Waals surface area contributed by atoms with Gasteiger partial charge in [-0.2, -0.15) is 5.10 Å². The van der Waals surface area contributed by atoms with Crippen molar-refractivity contribution in [1.82, 2.24) is 14.7 Å². The fraction of sp³-hybridized carbons (Fsp3) is 0.786. The maximum atomic E-state index is 9.67. The molecule has 1 atom stereocenters. The van der Waals surface area contributed by atoms with Gasteiger partial charge in [-0.15, -0.1) is 0 Å². The van der Waals surface area contributed by atoms with E-state index >= 15 is 0 Å². The SMILES string of the molecule is OC1CCCN(Cc2ccn(C3CCCC3)n2)C1. The Balaban J connectivity index is 1.59. The second-order valence-electron chi connectivity index (χ2n) is 5.76. The summed E-state index contributed by atoms with van der Waals surface area (Å²) in [5.74, 6) is 0. The van der Waals surface area contributed by atoms with Crippen molar-refractivity contribution in [3.63, 3.8) is 0 Å². The molecule has 1 N–H and O–H groups in total. The lowest BCUT2D eigenvalue weighted by Crippen LogP contribution is -2.37. The molecule has 0 radical (unpaired) electrons. The molecule has 0 aromatic carbocycles. The highest BCUT2D eigenvalue weighted by atomic mass is 16.3. The van der Waals surface area contributed by atoms with Crippen molar-refractivity contribution >= 4 is 0 Å². The largest absolute Gasteiger partial charge is 0.392 e. The minimum atomic E-state index is -0.143. The third-order valence-electron chi connectivity index (χ3n) is 4.23. The van der Waals surface area contributed by atoms with Crippen LogP contribution in [0.2, 0.25) is 0 Å². The van der Waals surface area contributed by atoms with E-state index in [1.165, 1.54) is 25.7 Å². The van der Waals surface area contributed by atoms with Crippen LogP contribution in [0, 0.1) is 0 Å². The first kappa shape index (κ1) is 12.2. The smallest absolute Gasteiger partial charge is 0.0764 e. The number of hydrogen-bond acceptors (Lipinski definition) is 3. The van der Waals surface area contributed by atoms with Gasteiger partial charge in [0.25, 0.3) is 0 Å². The monoisotopic (exact) mass is 249 g/mol. The van der Waals surface area contributed by atoms with Gasteiger partial charge in [0.05, 0.1) is 17.8 Å². The zero-order valence-electron chi connectivity index (χ0n) is 11.0. The molecule has 1 aliphatic heterocycles. The predicted molar refractivity (Wildman–Crippen MR) is 70.2 cm³/mol. The lowest BCUT2D eigenvalue weighted by atomic mass is 10.1. The second kappa shape index (κ2) is 5.41. The Morgan fingerprint density at radius 1 is 1.22 bits per heavy atom. The molecule has 3 rings (SSSR count). The Morgan fingerprint density at radius 2 is 2.06 bits per heavy atom. The molecule has 1 aromatic rings. The highest BCUT2D eigenvalue weighted by molar-refractivity contribution is 5.00. The van der Waals surface area contributed by atoms with E-state index in [0.717, 1.165) is 38.2 Å². The summed E-state index contributed by atoms with van der Waals surface area (Å²) < 4.78 is 2.16. The summed E-state index contributed by atoms with van der Waals surface area (Å²) >= 11 is 0. The molecule has 1 aromatic heterocycles. The molecule has 4 nitrogen and oxygen atoms in total. The van der Waals surface area contributed by atoms with Crippen LogP contribution in [0.3, 0.4) is 0 Å². The van der Waals surface area contributed by atoms with Gasteiger partial charge in [0, 0.05) is 19.3 Å². The van der Waals surface area contributed by atoms with Crippen LogP contribution < -0.4 is 0 Å². The first-order valence-electron chi connectivity index (χ1n) is 7.26. The first-order chi connectivity index (χ1) is 8.81. The van der Waals surface area contributed by atoms with Crippen molar-refractivity contribution in [3.8, 4) is 0 Å². The van der Waals surface area contributed by atoms with Crippen molar-refractivity contribution in [2.75, 3.05) is 13.1 Å². The van der Waals surface area contributed by atoms with Crippen molar-refractivity contribution in [2.45, 2.75) is 57.2 Å². The summed E-state index contributed by atoms with van der Waals surface area (Å²) in [6.45, 7) is 2.78. The molecule has 4 heteroatoms. The molecular formula is C14H23N3O. The molecule has 1 unspecified atom stereocenters. The number of rotatable bonds is 3. The maximum Gasteiger partial charge on any atom is 0.0764 e. The second-order valence-corrected chi connectivity index (χ2v) is 5.76. The summed E-state index contributed by atoms with van der Waals surface area (Å²) in [5, 5.41) is 14.4. The van der Waals surface area contributed by atoms with E-state index < -0.39 is 0 Å². The number of aliphatic hydroxyl groups is 1. The summed E-state index contributed by atoms with van der Waals surface area (Å²) in [4.78, 5) is 2.31. The summed E-state index contributed by atoms with van der Waals surface area (Å²) in [5.41, 5.74) is 1.15. The number of likely N-dealkylation sites (tertiary alicyclic amines) is 1. The van der Waals surface area contributed by atoms with E-state index in [2.05, 4.69) is 21.8 Å². The Kier molecular flexibility index (Phi) is 3.66. The van der Waals surface area contributed by atoms with Gasteiger partial charge in [-0.3, -0.25) is 9.58 Å². The molecule has 1 saturated carbocycles. The highest BCUT2D eigenvalue weighted by Crippen LogP contribution is 2.28. The van der Waals surface area contributed by atoms with Gasteiger partial charge in [-0.1, -0.05) is 12.8 Å². The number of piperidine rings is 1. The van der Waals surface area contributed by atoms with Crippen LogP contribution >= 0.6 is 0 Å². The average molecular weight is 249 g/mol. The standard InChI is InChI=1S/C14H23N3O/c18-14-6-3-8-16(11-14)10-12-7-9-17(15-12)13-4-1-2-5-13/h7,9,13-14,18H,1-6,8,10-11H2. The van der Waals surface area contributed by atoms with E-state index in [0.29, 0.717) is 6.04 Å². The van der Waals surface area contributed by atoms with Gasteiger partial charge in [0.15, 0.2) is 0 Å². The van der Waals surface area contributed by atoms with Crippen LogP contribution in [-0.4, -0.2) is 39.0 Å². The zero-order chi connectivity index (χ0) is 12.4. The van der Waals surface area contributed by atoms with E-state index in [1.54, 1.807) is 0 Å². The fourth-order valence-electron chi connectivity index (χ4n) is 3.24. The number of aromatic nitrogens is 2. The summed E-state index contributed by atoms with van der Waals surface area (Å²) in [6.07, 6.45) is 9.29. The maximum absolute atomic E-state index is 9.67. The molecule has 0 spiro atoms. The van der Waals surface area contributed by atoms with E-state index in [-0.39, 0.29) is 6.10 Å². The van der Waals surface area contributed by atoms with Crippen molar-refractivity contribution < 1.29 is 5.11 Å². The zero-order valence-corrected chi connectivity index (χ0v) is 11.0. The highest BCUT2D eigenvalue weighted by Gasteiger charge is 2.20. The van der Waals surface area contributed by atoms with E-state index in [9.17, 15) is 5.11 Å². The molecule has 18 heavy (non-hydrogen) atoms. The number of β-amino-alcohol motifs (C(OH)–C–C–N with tert-alkyl or cyclic N) is 1. The van der Waals surface area contributed by atoms with Crippen molar-refractivity contribution in [2.24, 2.45) is 0 Å². The summed E-state index contributed by atoms with van der Waals surface area (Å²) in [7, 11) is 0. The van der Waals surface area contributed by atoms with Gasteiger partial charge in [0.1, 0.15) is 0 Å². The third-order valence-corrected chi connectivity index (χ3v) is 4.23. The summed E-state index contributed by atoms with van der Waals surface area (Å²) in [6, 6.07) is 2.77. The molecule has 1 saturated heterocycles. The molecule has 0 amide bonds. The lowest BCUT2D eigenvalue weighted by Gasteiger charge is -2.29. The quantitative estimate of drug-likeness (QED) is 0.890. The van der Waals surface area contributed by atoms with E-state index in [4.69, 9.17) is 5.10 Å². The van der Waals surface area contributed by atoms with Gasteiger partial charge in [0.2, 0.25) is 0 Å². The lowest BCUT2D eigenvalue weighted by molar-refractivity contribution is 0.0660. The van der Waals surface area contributed by atoms with Gasteiger partial charge >= 0.3 is 0 Å². The minimum Gasteiger partial charge on any atom is -0.392 e. The topological polar surface area (TPSA) is 41.3 Å². The minimum absolute atomic E-state index is 0.143. The fourth-order valence-corrected chi connectivity index (χ4v) is 3.24. The molecule has 2 heterocycles. The molecule has 0 bridgehead atoms. The number of hydrogen-bond donors (Lipinski definition) is 1. The first-order valence-corrected chi connectivity index (χ1v) is 7.26. The Labute approximate surface area is 109 Å². The van der Waals surface area contributed by atoms with Gasteiger partial charge in [-0.25, -0.2) is 0 Å². The number of aliphatic hydroxyl groups excluding tert-OH is 1. The van der Waals surface area contributed by atoms with Crippen LogP contribution in [0.4, 0.5) is 0 Å². The molecular weight excluding hydrogens is 226 g/mol. The van der Waals surface area contributed by atoms with Crippen molar-refractivity contribution in [3.05, 3.63) is 18.0 Å². The third kappa shape index (κ3) is 2.75. The Bertz CT molecular complexity index is 384. The molecule has 1 aliphatic carbocycles. The van der Waals surface area contributed by atoms with Gasteiger partial charge in [-0.05, 0) is 38.3 Å². The van der Waals surface area contributed by atoms with Crippen LogP contribution in [0.5, 0.6) is 0 Å². The van der Waals surface area contributed by atoms with Gasteiger partial charge < -0.3 is 5.11 Å². The normalized spacial score (nSPS) is 26.8. The van der Waals surface area contributed by atoms with Crippen LogP contribution in [0.25, 0.3) is 0 Å². The van der Waals surface area contributed by atoms with Crippen molar-refractivity contribution in [1.29, 1.82) is 0 Å². The Hall–Kier alpha value is -0.870. The van der Waals surface area contributed by atoms with Crippen LogP contribution in [0.15, 0.2) is 12.3 Å². The van der Waals surface area contributed by atoms with Crippen LogP contribution in [-0.2, 0) is 6.54 Å². The van der Waals surface area contributed by atoms with Crippen LogP contribution in [0.1, 0.15) is 50.3 Å². The molecule has 2 aliphatic rings. The predicted octanol–water partition coefficient (Wildman–Crippen LogP) is 1.95. The molecule has 100 valence electrons. The average Bonchev–Trinajstić information content (AvgIpc) is 2.98. The van der Waals surface area contributed by atoms with E-state index in [1.807, 2.05) is 0 Å². The number of nitrogens with zero attached hydrogens (tertiary/aromatic N) is 3. The molecule has 2 fully saturated rings.